The molecular formula is C10H18ClNO. The van der Waals surface area contributed by atoms with Crippen molar-refractivity contribution in [2.45, 2.75) is 26.7 Å². The summed E-state index contributed by atoms with van der Waals surface area (Å²) in [4.78, 5) is 13.5. The lowest BCUT2D eigenvalue weighted by Crippen LogP contribution is -2.42. The van der Waals surface area contributed by atoms with Gasteiger partial charge in [-0.3, -0.25) is 4.79 Å². The van der Waals surface area contributed by atoms with Crippen molar-refractivity contribution >= 4 is 17.5 Å². The van der Waals surface area contributed by atoms with Gasteiger partial charge in [0.1, 0.15) is 0 Å². The third-order valence-electron chi connectivity index (χ3n) is 2.53. The minimum Gasteiger partial charge on any atom is -0.342 e. The summed E-state index contributed by atoms with van der Waals surface area (Å²) in [7, 11) is 0. The van der Waals surface area contributed by atoms with E-state index in [-0.39, 0.29) is 5.91 Å². The van der Waals surface area contributed by atoms with Gasteiger partial charge in [-0.1, -0.05) is 13.8 Å². The van der Waals surface area contributed by atoms with Crippen molar-refractivity contribution in [3.63, 3.8) is 0 Å². The zero-order chi connectivity index (χ0) is 9.84. The second kappa shape index (κ2) is 4.85. The van der Waals surface area contributed by atoms with Gasteiger partial charge in [-0.05, 0) is 18.3 Å². The Kier molecular flexibility index (Phi) is 4.04. The monoisotopic (exact) mass is 203 g/mol. The van der Waals surface area contributed by atoms with E-state index in [0.29, 0.717) is 24.1 Å². The van der Waals surface area contributed by atoms with Crippen molar-refractivity contribution in [2.75, 3.05) is 19.0 Å². The summed E-state index contributed by atoms with van der Waals surface area (Å²) in [5.41, 5.74) is 0. The molecule has 0 saturated carbocycles. The number of piperidine rings is 1. The average molecular weight is 204 g/mol. The Morgan fingerprint density at radius 1 is 1.38 bits per heavy atom. The quantitative estimate of drug-likeness (QED) is 0.630. The molecule has 1 amide bonds. The lowest BCUT2D eigenvalue weighted by molar-refractivity contribution is -0.133. The van der Waals surface area contributed by atoms with Crippen LogP contribution < -0.4 is 0 Å². The summed E-state index contributed by atoms with van der Waals surface area (Å²) in [6.45, 7) is 6.24. The van der Waals surface area contributed by atoms with Gasteiger partial charge in [-0.25, -0.2) is 0 Å². The first-order valence-corrected chi connectivity index (χ1v) is 5.50. The Hall–Kier alpha value is -0.240. The van der Waals surface area contributed by atoms with Gasteiger partial charge in [0.15, 0.2) is 0 Å². The average Bonchev–Trinajstić information content (AvgIpc) is 2.03. The molecule has 1 aliphatic rings. The minimum absolute atomic E-state index is 0.216. The van der Waals surface area contributed by atoms with Crippen LogP contribution in [0.25, 0.3) is 0 Å². The summed E-state index contributed by atoms with van der Waals surface area (Å²) in [6.07, 6.45) is 1.73. The molecule has 1 saturated heterocycles. The smallest absolute Gasteiger partial charge is 0.223 e. The van der Waals surface area contributed by atoms with Crippen molar-refractivity contribution in [1.29, 1.82) is 0 Å². The minimum atomic E-state index is 0.216. The van der Waals surface area contributed by atoms with Crippen LogP contribution in [0.15, 0.2) is 0 Å². The molecular weight excluding hydrogens is 186 g/mol. The van der Waals surface area contributed by atoms with Crippen LogP contribution in [-0.4, -0.2) is 29.8 Å². The molecule has 2 nitrogen and oxygen atoms in total. The zero-order valence-corrected chi connectivity index (χ0v) is 9.18. The number of halogens is 1. The maximum Gasteiger partial charge on any atom is 0.223 e. The molecule has 0 bridgehead atoms. The van der Waals surface area contributed by atoms with E-state index in [2.05, 4.69) is 13.8 Å². The van der Waals surface area contributed by atoms with Crippen LogP contribution in [0.4, 0.5) is 0 Å². The van der Waals surface area contributed by atoms with E-state index < -0.39 is 0 Å². The summed E-state index contributed by atoms with van der Waals surface area (Å²) >= 11 is 5.54. The van der Waals surface area contributed by atoms with Crippen LogP contribution in [-0.2, 0) is 4.79 Å². The number of likely N-dealkylation sites (tertiary alicyclic amines) is 1. The van der Waals surface area contributed by atoms with Gasteiger partial charge < -0.3 is 4.90 Å². The number of carbonyl (C=O) groups excluding carboxylic acids is 1. The van der Waals surface area contributed by atoms with Gasteiger partial charge in [0.25, 0.3) is 0 Å². The van der Waals surface area contributed by atoms with Crippen LogP contribution >= 0.6 is 11.6 Å². The van der Waals surface area contributed by atoms with Crippen LogP contribution in [0.3, 0.4) is 0 Å². The zero-order valence-electron chi connectivity index (χ0n) is 8.42. The number of rotatable bonds is 2. The Labute approximate surface area is 85.2 Å². The molecule has 1 aliphatic heterocycles. The molecule has 13 heavy (non-hydrogen) atoms. The molecule has 0 aliphatic carbocycles. The third kappa shape index (κ3) is 3.18. The van der Waals surface area contributed by atoms with E-state index in [4.69, 9.17) is 11.6 Å². The van der Waals surface area contributed by atoms with Gasteiger partial charge >= 0.3 is 0 Å². The van der Waals surface area contributed by atoms with E-state index in [1.807, 2.05) is 4.90 Å². The first kappa shape index (κ1) is 10.8. The van der Waals surface area contributed by atoms with Crippen LogP contribution in [0.2, 0.25) is 0 Å². The predicted molar refractivity (Wildman–Crippen MR) is 54.9 cm³/mol. The summed E-state index contributed by atoms with van der Waals surface area (Å²) in [5.74, 6) is 1.94. The van der Waals surface area contributed by atoms with Crippen molar-refractivity contribution in [1.82, 2.24) is 4.90 Å². The highest BCUT2D eigenvalue weighted by Gasteiger charge is 2.24. The van der Waals surface area contributed by atoms with Crippen molar-refractivity contribution < 1.29 is 4.79 Å². The van der Waals surface area contributed by atoms with Gasteiger partial charge in [0, 0.05) is 25.4 Å². The van der Waals surface area contributed by atoms with Crippen molar-refractivity contribution in [3.05, 3.63) is 0 Å². The topological polar surface area (TPSA) is 20.3 Å². The molecule has 0 N–H and O–H groups in total. The molecule has 76 valence electrons. The fraction of sp³-hybridized carbons (Fsp3) is 0.900. The van der Waals surface area contributed by atoms with E-state index >= 15 is 0 Å². The van der Waals surface area contributed by atoms with Crippen LogP contribution in [0.5, 0.6) is 0 Å². The maximum absolute atomic E-state index is 11.5. The number of carbonyl (C=O) groups is 1. The molecule has 1 heterocycles. The van der Waals surface area contributed by atoms with E-state index in [0.717, 1.165) is 13.1 Å². The first-order chi connectivity index (χ1) is 6.13. The first-order valence-electron chi connectivity index (χ1n) is 4.97. The number of hydrogen-bond donors (Lipinski definition) is 0. The fourth-order valence-corrected chi connectivity index (χ4v) is 2.27. The summed E-state index contributed by atoms with van der Waals surface area (Å²) < 4.78 is 0. The molecule has 0 radical (unpaired) electrons. The van der Waals surface area contributed by atoms with Gasteiger partial charge in [-0.2, -0.15) is 0 Å². The third-order valence-corrected chi connectivity index (χ3v) is 2.72. The number of amides is 1. The number of alkyl halides is 1. The molecule has 1 rings (SSSR count). The number of hydrogen-bond acceptors (Lipinski definition) is 1. The standard InChI is InChI=1S/C10H18ClNO/c1-8-5-9(2)7-12(6-8)10(13)3-4-11/h8-9H,3-7H2,1-2H3. The van der Waals surface area contributed by atoms with Gasteiger partial charge in [0.2, 0.25) is 5.91 Å². The van der Waals surface area contributed by atoms with Crippen LogP contribution in [0, 0.1) is 11.8 Å². The normalized spacial score (nSPS) is 29.0. The molecule has 2 atom stereocenters. The second-order valence-electron chi connectivity index (χ2n) is 4.18. The lowest BCUT2D eigenvalue weighted by atomic mass is 9.92. The molecule has 0 aromatic carbocycles. The Bertz CT molecular complexity index is 174. The van der Waals surface area contributed by atoms with E-state index in [1.54, 1.807) is 0 Å². The van der Waals surface area contributed by atoms with E-state index in [1.165, 1.54) is 6.42 Å². The van der Waals surface area contributed by atoms with Crippen molar-refractivity contribution in [2.24, 2.45) is 11.8 Å². The number of nitrogens with zero attached hydrogens (tertiary/aromatic N) is 1. The second-order valence-corrected chi connectivity index (χ2v) is 4.56. The van der Waals surface area contributed by atoms with E-state index in [9.17, 15) is 4.79 Å². The van der Waals surface area contributed by atoms with Gasteiger partial charge in [0.05, 0.1) is 0 Å². The van der Waals surface area contributed by atoms with Gasteiger partial charge in [-0.15, -0.1) is 11.6 Å². The highest BCUT2D eigenvalue weighted by molar-refractivity contribution is 6.18. The van der Waals surface area contributed by atoms with Crippen molar-refractivity contribution in [3.8, 4) is 0 Å². The summed E-state index contributed by atoms with van der Waals surface area (Å²) in [6, 6.07) is 0. The Morgan fingerprint density at radius 2 is 1.92 bits per heavy atom. The molecule has 0 aromatic heterocycles. The Morgan fingerprint density at radius 3 is 2.38 bits per heavy atom. The molecule has 2 unspecified atom stereocenters. The predicted octanol–water partition coefficient (Wildman–Crippen LogP) is 2.12. The molecule has 1 fully saturated rings. The molecule has 0 spiro atoms. The maximum atomic E-state index is 11.5. The lowest BCUT2D eigenvalue weighted by Gasteiger charge is -2.34. The molecule has 0 aromatic rings. The Balaban J connectivity index is 2.45. The fourth-order valence-electron chi connectivity index (χ4n) is 2.11. The highest BCUT2D eigenvalue weighted by Crippen LogP contribution is 2.21. The van der Waals surface area contributed by atoms with Crippen LogP contribution in [0.1, 0.15) is 26.7 Å². The SMILES string of the molecule is CC1CC(C)CN(C(=O)CCCl)C1. The summed E-state index contributed by atoms with van der Waals surface area (Å²) in [5, 5.41) is 0. The largest absolute Gasteiger partial charge is 0.342 e. The highest BCUT2D eigenvalue weighted by atomic mass is 35.5. The molecule has 3 heteroatoms.